The molecule has 0 bridgehead atoms. The van der Waals surface area contributed by atoms with Crippen molar-refractivity contribution < 1.29 is 9.63 Å². The van der Waals surface area contributed by atoms with Crippen LogP contribution in [0.3, 0.4) is 0 Å². The van der Waals surface area contributed by atoms with Crippen LogP contribution in [0.25, 0.3) is 0 Å². The van der Waals surface area contributed by atoms with E-state index in [9.17, 15) is 4.79 Å². The third kappa shape index (κ3) is 3.52. The van der Waals surface area contributed by atoms with E-state index in [4.69, 9.17) is 4.84 Å². The van der Waals surface area contributed by atoms with Crippen molar-refractivity contribution in [1.29, 1.82) is 0 Å². The van der Waals surface area contributed by atoms with Crippen LogP contribution in [-0.4, -0.2) is 17.5 Å². The fourth-order valence-electron chi connectivity index (χ4n) is 0.652. The maximum absolute atomic E-state index is 11.2. The lowest BCUT2D eigenvalue weighted by molar-refractivity contribution is 0.0212. The Labute approximate surface area is 80.9 Å². The van der Waals surface area contributed by atoms with E-state index < -0.39 is 0 Å². The number of nitrogens with zero attached hydrogens (tertiary/aromatic N) is 1. The van der Waals surface area contributed by atoms with Gasteiger partial charge in [-0.25, -0.2) is 5.48 Å². The number of carbonyl (C=O) groups is 1. The molecule has 0 spiro atoms. The van der Waals surface area contributed by atoms with Crippen molar-refractivity contribution in [3.8, 4) is 0 Å². The molecule has 0 aliphatic rings. The van der Waals surface area contributed by atoms with Crippen molar-refractivity contribution in [2.45, 2.75) is 13.8 Å². The molecule has 0 aliphatic heterocycles. The van der Waals surface area contributed by atoms with Gasteiger partial charge in [-0.05, 0) is 5.92 Å². The molecular formula is C8H12N2O2S. The summed E-state index contributed by atoms with van der Waals surface area (Å²) in [6, 6.07) is 0. The molecule has 0 atom stereocenters. The van der Waals surface area contributed by atoms with Crippen molar-refractivity contribution in [2.24, 2.45) is 5.92 Å². The van der Waals surface area contributed by atoms with E-state index in [2.05, 4.69) is 10.5 Å². The number of aromatic nitrogens is 1. The fraction of sp³-hybridized carbons (Fsp3) is 0.500. The molecule has 1 aromatic heterocycles. The molecule has 0 saturated heterocycles. The van der Waals surface area contributed by atoms with Gasteiger partial charge >= 0.3 is 0 Å². The highest BCUT2D eigenvalue weighted by atomic mass is 32.1. The van der Waals surface area contributed by atoms with Crippen LogP contribution in [0.5, 0.6) is 0 Å². The van der Waals surface area contributed by atoms with Crippen LogP contribution in [0.1, 0.15) is 23.5 Å². The summed E-state index contributed by atoms with van der Waals surface area (Å²) in [7, 11) is 0. The lowest BCUT2D eigenvalue weighted by Crippen LogP contribution is -2.24. The zero-order valence-corrected chi connectivity index (χ0v) is 8.43. The van der Waals surface area contributed by atoms with Gasteiger partial charge in [0.1, 0.15) is 4.88 Å². The van der Waals surface area contributed by atoms with Gasteiger partial charge in [-0.2, -0.15) is 0 Å². The first kappa shape index (κ1) is 10.1. The summed E-state index contributed by atoms with van der Waals surface area (Å²) < 4.78 is 0. The molecular weight excluding hydrogens is 188 g/mol. The molecule has 0 aliphatic carbocycles. The van der Waals surface area contributed by atoms with Gasteiger partial charge in [-0.3, -0.25) is 14.6 Å². The minimum Gasteiger partial charge on any atom is -0.273 e. The summed E-state index contributed by atoms with van der Waals surface area (Å²) in [6.07, 6.45) is 1.51. The smallest absolute Gasteiger partial charge is 0.273 e. The maximum atomic E-state index is 11.2. The number of amides is 1. The van der Waals surface area contributed by atoms with Crippen LogP contribution < -0.4 is 5.48 Å². The summed E-state index contributed by atoms with van der Waals surface area (Å²) in [6.45, 7) is 4.54. The predicted molar refractivity (Wildman–Crippen MR) is 50.4 cm³/mol. The first-order chi connectivity index (χ1) is 6.20. The third-order valence-electron chi connectivity index (χ3n) is 1.24. The highest BCUT2D eigenvalue weighted by molar-refractivity contribution is 7.11. The molecule has 0 aromatic carbocycles. The van der Waals surface area contributed by atoms with Crippen LogP contribution in [-0.2, 0) is 4.84 Å². The lowest BCUT2D eigenvalue weighted by Gasteiger charge is -2.05. The van der Waals surface area contributed by atoms with Crippen molar-refractivity contribution in [3.05, 3.63) is 16.6 Å². The summed E-state index contributed by atoms with van der Waals surface area (Å²) in [5.41, 5.74) is 3.96. The van der Waals surface area contributed by atoms with E-state index in [1.54, 1.807) is 5.51 Å². The molecule has 1 amide bonds. The fourth-order valence-corrected chi connectivity index (χ4v) is 1.16. The van der Waals surface area contributed by atoms with Crippen LogP contribution in [0.2, 0.25) is 0 Å². The highest BCUT2D eigenvalue weighted by Crippen LogP contribution is 2.04. The van der Waals surface area contributed by atoms with Gasteiger partial charge < -0.3 is 0 Å². The second kappa shape index (κ2) is 4.94. The number of nitrogens with one attached hydrogen (secondary N) is 1. The number of carbonyl (C=O) groups excluding carboxylic acids is 1. The van der Waals surface area contributed by atoms with E-state index in [1.807, 2.05) is 13.8 Å². The Morgan fingerprint density at radius 2 is 2.54 bits per heavy atom. The molecule has 13 heavy (non-hydrogen) atoms. The van der Waals surface area contributed by atoms with Gasteiger partial charge in [-0.1, -0.05) is 13.8 Å². The molecule has 1 N–H and O–H groups in total. The van der Waals surface area contributed by atoms with E-state index in [0.29, 0.717) is 17.4 Å². The predicted octanol–water partition coefficient (Wildman–Crippen LogP) is 1.46. The van der Waals surface area contributed by atoms with E-state index >= 15 is 0 Å². The summed E-state index contributed by atoms with van der Waals surface area (Å²) in [5, 5.41) is 0. The molecule has 0 unspecified atom stereocenters. The second-order valence-electron chi connectivity index (χ2n) is 3.00. The summed E-state index contributed by atoms with van der Waals surface area (Å²) in [4.78, 5) is 20.5. The SMILES string of the molecule is CC(C)CONC(=O)c1cncs1. The Hall–Kier alpha value is -0.940. The Balaban J connectivity index is 2.27. The van der Waals surface area contributed by atoms with Crippen molar-refractivity contribution in [1.82, 2.24) is 10.5 Å². The molecule has 4 nitrogen and oxygen atoms in total. The van der Waals surface area contributed by atoms with Gasteiger partial charge in [0.2, 0.25) is 0 Å². The highest BCUT2D eigenvalue weighted by Gasteiger charge is 2.06. The molecule has 1 rings (SSSR count). The number of hydroxylamine groups is 1. The Bertz CT molecular complexity index is 259. The standard InChI is InChI=1S/C8H12N2O2S/c1-6(2)4-12-10-8(11)7-3-9-5-13-7/h3,5-6H,4H2,1-2H3,(H,10,11). The quantitative estimate of drug-likeness (QED) is 0.749. The van der Waals surface area contributed by atoms with Crippen LogP contribution in [0, 0.1) is 5.92 Å². The number of thiazole rings is 1. The lowest BCUT2D eigenvalue weighted by atomic mass is 10.2. The normalized spacial score (nSPS) is 10.4. The van der Waals surface area contributed by atoms with Crippen molar-refractivity contribution in [3.63, 3.8) is 0 Å². The van der Waals surface area contributed by atoms with Crippen LogP contribution in [0.15, 0.2) is 11.7 Å². The average molecular weight is 200 g/mol. The Morgan fingerprint density at radius 3 is 3.08 bits per heavy atom. The van der Waals surface area contributed by atoms with Crippen molar-refractivity contribution >= 4 is 17.2 Å². The van der Waals surface area contributed by atoms with Crippen LogP contribution in [0.4, 0.5) is 0 Å². The molecule has 0 saturated carbocycles. The van der Waals surface area contributed by atoms with Gasteiger partial charge in [0, 0.05) is 0 Å². The van der Waals surface area contributed by atoms with E-state index in [-0.39, 0.29) is 5.91 Å². The first-order valence-corrected chi connectivity index (χ1v) is 4.88. The summed E-state index contributed by atoms with van der Waals surface area (Å²) >= 11 is 1.29. The third-order valence-corrected chi connectivity index (χ3v) is 2.01. The second-order valence-corrected chi connectivity index (χ2v) is 3.89. The Kier molecular flexibility index (Phi) is 3.85. The van der Waals surface area contributed by atoms with E-state index in [1.165, 1.54) is 17.5 Å². The van der Waals surface area contributed by atoms with Gasteiger partial charge in [0.05, 0.1) is 18.3 Å². The Morgan fingerprint density at radius 1 is 1.77 bits per heavy atom. The molecule has 72 valence electrons. The average Bonchev–Trinajstić information content (AvgIpc) is 2.55. The minimum absolute atomic E-state index is 0.233. The molecule has 0 fully saturated rings. The molecule has 1 heterocycles. The first-order valence-electron chi connectivity index (χ1n) is 4.00. The zero-order valence-electron chi connectivity index (χ0n) is 7.61. The monoisotopic (exact) mass is 200 g/mol. The molecule has 0 radical (unpaired) electrons. The number of hydrogen-bond donors (Lipinski definition) is 1. The van der Waals surface area contributed by atoms with Gasteiger partial charge in [0.25, 0.3) is 5.91 Å². The summed E-state index contributed by atoms with van der Waals surface area (Å²) in [5.74, 6) is 0.171. The van der Waals surface area contributed by atoms with E-state index in [0.717, 1.165) is 0 Å². The number of hydrogen-bond acceptors (Lipinski definition) is 4. The van der Waals surface area contributed by atoms with Crippen LogP contribution >= 0.6 is 11.3 Å². The zero-order chi connectivity index (χ0) is 9.68. The van der Waals surface area contributed by atoms with Gasteiger partial charge in [-0.15, -0.1) is 11.3 Å². The minimum atomic E-state index is -0.233. The molecule has 1 aromatic rings. The molecule has 5 heteroatoms. The van der Waals surface area contributed by atoms with Crippen molar-refractivity contribution in [2.75, 3.05) is 6.61 Å². The largest absolute Gasteiger partial charge is 0.286 e. The topological polar surface area (TPSA) is 51.2 Å². The maximum Gasteiger partial charge on any atom is 0.286 e. The van der Waals surface area contributed by atoms with Gasteiger partial charge in [0.15, 0.2) is 0 Å². The number of rotatable bonds is 4.